The number of nitrogens with zero attached hydrogens (tertiary/aromatic N) is 1. The van der Waals surface area contributed by atoms with Crippen LogP contribution in [0.5, 0.6) is 0 Å². The summed E-state index contributed by atoms with van der Waals surface area (Å²) in [5.74, 6) is -1.73. The van der Waals surface area contributed by atoms with Crippen LogP contribution in [0.25, 0.3) is 11.1 Å². The SMILES string of the molecule is CCC(C)[C@H](NC(=O)OCC1c2ccccc2-c2ccccc21)C(=O)N1[C@@H]2CC[C@H]1[C@@H](C(=O)O)C2. The fourth-order valence-corrected chi connectivity index (χ4v) is 6.21. The molecule has 2 saturated heterocycles. The lowest BCUT2D eigenvalue weighted by atomic mass is 9.89. The van der Waals surface area contributed by atoms with E-state index >= 15 is 0 Å². The van der Waals surface area contributed by atoms with Gasteiger partial charge in [-0.3, -0.25) is 9.59 Å². The molecule has 7 nitrogen and oxygen atoms in total. The largest absolute Gasteiger partial charge is 0.481 e. The molecule has 2 aromatic rings. The minimum Gasteiger partial charge on any atom is -0.481 e. The van der Waals surface area contributed by atoms with Crippen LogP contribution in [0.2, 0.25) is 0 Å². The summed E-state index contributed by atoms with van der Waals surface area (Å²) in [5.41, 5.74) is 4.57. The molecule has 1 unspecified atom stereocenters. The molecular formula is C28H32N2O5. The van der Waals surface area contributed by atoms with Gasteiger partial charge in [-0.1, -0.05) is 68.8 Å². The summed E-state index contributed by atoms with van der Waals surface area (Å²) in [4.78, 5) is 39.9. The van der Waals surface area contributed by atoms with E-state index in [1.54, 1.807) is 4.90 Å². The molecular weight excluding hydrogens is 444 g/mol. The van der Waals surface area contributed by atoms with Crippen molar-refractivity contribution in [3.05, 3.63) is 59.7 Å². The molecule has 0 spiro atoms. The number of amides is 2. The number of rotatable bonds is 7. The van der Waals surface area contributed by atoms with Crippen LogP contribution >= 0.6 is 0 Å². The van der Waals surface area contributed by atoms with Gasteiger partial charge in [0.15, 0.2) is 0 Å². The van der Waals surface area contributed by atoms with Crippen molar-refractivity contribution in [2.45, 2.75) is 63.6 Å². The maximum atomic E-state index is 13.6. The van der Waals surface area contributed by atoms with Gasteiger partial charge in [0.1, 0.15) is 12.6 Å². The molecule has 35 heavy (non-hydrogen) atoms. The van der Waals surface area contributed by atoms with Crippen LogP contribution in [0.1, 0.15) is 56.6 Å². The Morgan fingerprint density at radius 2 is 1.69 bits per heavy atom. The Hall–Kier alpha value is -3.35. The predicted octanol–water partition coefficient (Wildman–Crippen LogP) is 4.40. The van der Waals surface area contributed by atoms with Crippen molar-refractivity contribution in [3.63, 3.8) is 0 Å². The third-order valence-corrected chi connectivity index (χ3v) is 8.20. The van der Waals surface area contributed by atoms with E-state index in [2.05, 4.69) is 29.6 Å². The van der Waals surface area contributed by atoms with Crippen LogP contribution in [0.15, 0.2) is 48.5 Å². The first-order valence-electron chi connectivity index (χ1n) is 12.6. The van der Waals surface area contributed by atoms with Gasteiger partial charge in [-0.2, -0.15) is 0 Å². The number of benzene rings is 2. The molecule has 2 heterocycles. The summed E-state index contributed by atoms with van der Waals surface area (Å²) in [6.07, 6.45) is 2.09. The van der Waals surface area contributed by atoms with Gasteiger partial charge in [0.05, 0.1) is 5.92 Å². The van der Waals surface area contributed by atoms with Gasteiger partial charge < -0.3 is 20.1 Å². The Bertz CT molecular complexity index is 1100. The van der Waals surface area contributed by atoms with Crippen molar-refractivity contribution in [3.8, 4) is 11.1 Å². The molecule has 2 aliphatic heterocycles. The second-order valence-corrected chi connectivity index (χ2v) is 10.1. The highest BCUT2D eigenvalue weighted by molar-refractivity contribution is 5.88. The number of hydrogen-bond acceptors (Lipinski definition) is 4. The van der Waals surface area contributed by atoms with E-state index in [-0.39, 0.29) is 36.4 Å². The zero-order valence-corrected chi connectivity index (χ0v) is 20.1. The average Bonchev–Trinajstić information content (AvgIpc) is 3.55. The van der Waals surface area contributed by atoms with E-state index in [1.165, 1.54) is 0 Å². The van der Waals surface area contributed by atoms with Crippen LogP contribution < -0.4 is 5.32 Å². The monoisotopic (exact) mass is 476 g/mol. The van der Waals surface area contributed by atoms with E-state index in [9.17, 15) is 19.5 Å². The normalized spacial score (nSPS) is 23.9. The Balaban J connectivity index is 1.28. The van der Waals surface area contributed by atoms with Gasteiger partial charge in [0.25, 0.3) is 0 Å². The molecule has 2 fully saturated rings. The lowest BCUT2D eigenvalue weighted by Crippen LogP contribution is -2.53. The minimum atomic E-state index is -0.848. The van der Waals surface area contributed by atoms with Gasteiger partial charge in [0.2, 0.25) is 5.91 Å². The lowest BCUT2D eigenvalue weighted by molar-refractivity contribution is -0.143. The standard InChI is InChI=1S/C28H32N2O5/c1-3-16(2)25(26(31)30-17-12-13-24(30)22(14-17)27(32)33)29-28(34)35-15-23-20-10-6-4-8-18(20)19-9-5-7-11-21(19)23/h4-11,16-17,22-25H,3,12-15H2,1-2H3,(H,29,34)(H,32,33)/t16?,17-,22+,24+,25+/m1/s1. The maximum absolute atomic E-state index is 13.6. The highest BCUT2D eigenvalue weighted by Crippen LogP contribution is 2.45. The fraction of sp³-hybridized carbons (Fsp3) is 0.464. The fourth-order valence-electron chi connectivity index (χ4n) is 6.21. The Morgan fingerprint density at radius 3 is 2.26 bits per heavy atom. The molecule has 0 saturated carbocycles. The van der Waals surface area contributed by atoms with Gasteiger partial charge in [-0.25, -0.2) is 4.79 Å². The Labute approximate surface area is 205 Å². The molecule has 5 rings (SSSR count). The first-order chi connectivity index (χ1) is 16.9. The van der Waals surface area contributed by atoms with Crippen LogP contribution in [0.3, 0.4) is 0 Å². The number of carboxylic acid groups (broad SMARTS) is 1. The summed E-state index contributed by atoms with van der Waals surface area (Å²) in [6.45, 7) is 4.08. The third-order valence-electron chi connectivity index (χ3n) is 8.20. The number of carbonyl (C=O) groups excluding carboxylic acids is 2. The van der Waals surface area contributed by atoms with Crippen LogP contribution in [0.4, 0.5) is 4.79 Å². The molecule has 5 atom stereocenters. The zero-order valence-electron chi connectivity index (χ0n) is 20.1. The summed E-state index contributed by atoms with van der Waals surface area (Å²) in [6, 6.07) is 15.2. The van der Waals surface area contributed by atoms with E-state index in [4.69, 9.17) is 4.74 Å². The Kier molecular flexibility index (Phi) is 6.26. The highest BCUT2D eigenvalue weighted by atomic mass is 16.5. The molecule has 0 aromatic heterocycles. The van der Waals surface area contributed by atoms with Gasteiger partial charge in [0, 0.05) is 18.0 Å². The maximum Gasteiger partial charge on any atom is 0.407 e. The number of alkyl carbamates (subject to hydrolysis) is 1. The second kappa shape index (κ2) is 9.36. The van der Waals surface area contributed by atoms with Crippen LogP contribution in [-0.2, 0) is 14.3 Å². The average molecular weight is 477 g/mol. The van der Waals surface area contributed by atoms with Gasteiger partial charge >= 0.3 is 12.1 Å². The zero-order chi connectivity index (χ0) is 24.7. The molecule has 7 heteroatoms. The third kappa shape index (κ3) is 4.07. The lowest BCUT2D eigenvalue weighted by Gasteiger charge is -2.31. The number of aliphatic carboxylic acids is 1. The van der Waals surface area contributed by atoms with E-state index in [1.807, 2.05) is 38.1 Å². The number of ether oxygens (including phenoxy) is 1. The molecule has 2 aromatic carbocycles. The number of nitrogens with one attached hydrogen (secondary N) is 1. The van der Waals surface area contributed by atoms with Gasteiger partial charge in [-0.15, -0.1) is 0 Å². The minimum absolute atomic E-state index is 0.0587. The summed E-state index contributed by atoms with van der Waals surface area (Å²) in [7, 11) is 0. The molecule has 0 radical (unpaired) electrons. The second-order valence-electron chi connectivity index (χ2n) is 10.1. The number of hydrogen-bond donors (Lipinski definition) is 2. The van der Waals surface area contributed by atoms with E-state index in [0.29, 0.717) is 19.3 Å². The van der Waals surface area contributed by atoms with E-state index < -0.39 is 24.0 Å². The van der Waals surface area contributed by atoms with Crippen LogP contribution in [0, 0.1) is 11.8 Å². The number of carboxylic acids is 1. The Morgan fingerprint density at radius 1 is 1.06 bits per heavy atom. The number of fused-ring (bicyclic) bond motifs is 5. The highest BCUT2D eigenvalue weighted by Gasteiger charge is 2.52. The van der Waals surface area contributed by atoms with Crippen molar-refractivity contribution < 1.29 is 24.2 Å². The molecule has 2 N–H and O–H groups in total. The van der Waals surface area contributed by atoms with Crippen molar-refractivity contribution in [1.29, 1.82) is 0 Å². The number of carbonyl (C=O) groups is 3. The van der Waals surface area contributed by atoms with Gasteiger partial charge in [-0.05, 0) is 47.4 Å². The van der Waals surface area contributed by atoms with Crippen molar-refractivity contribution in [2.24, 2.45) is 11.8 Å². The van der Waals surface area contributed by atoms with Crippen LogP contribution in [-0.4, -0.2) is 52.7 Å². The summed E-state index contributed by atoms with van der Waals surface area (Å²) < 4.78 is 5.69. The van der Waals surface area contributed by atoms with Crippen molar-refractivity contribution >= 4 is 18.0 Å². The summed E-state index contributed by atoms with van der Waals surface area (Å²) in [5, 5.41) is 12.4. The molecule has 2 bridgehead atoms. The topological polar surface area (TPSA) is 95.9 Å². The molecule has 2 amide bonds. The quantitative estimate of drug-likeness (QED) is 0.617. The predicted molar refractivity (Wildman–Crippen MR) is 131 cm³/mol. The van der Waals surface area contributed by atoms with Crippen molar-refractivity contribution in [1.82, 2.24) is 10.2 Å². The van der Waals surface area contributed by atoms with Crippen molar-refractivity contribution in [2.75, 3.05) is 6.61 Å². The first kappa shape index (κ1) is 23.4. The smallest absolute Gasteiger partial charge is 0.407 e. The summed E-state index contributed by atoms with van der Waals surface area (Å²) >= 11 is 0. The first-order valence-corrected chi connectivity index (χ1v) is 12.6. The van der Waals surface area contributed by atoms with E-state index in [0.717, 1.165) is 28.7 Å². The molecule has 3 aliphatic rings. The molecule has 1 aliphatic carbocycles. The molecule has 184 valence electrons.